The number of hydrogen-bond acceptors (Lipinski definition) is 4. The Labute approximate surface area is 151 Å². The number of anilines is 1. The molecule has 2 aromatic heterocycles. The quantitative estimate of drug-likeness (QED) is 0.665. The molecule has 2 heterocycles. The lowest BCUT2D eigenvalue weighted by Crippen LogP contribution is -2.30. The zero-order valence-corrected chi connectivity index (χ0v) is 14.6. The second-order valence-corrected chi connectivity index (χ2v) is 6.10. The molecule has 0 spiro atoms. The molecule has 0 aliphatic carbocycles. The van der Waals surface area contributed by atoms with Gasteiger partial charge in [-0.3, -0.25) is 14.6 Å². The second kappa shape index (κ2) is 7.82. The lowest BCUT2D eigenvalue weighted by atomic mass is 10.1. The van der Waals surface area contributed by atoms with Crippen LogP contribution < -0.4 is 10.9 Å². The number of para-hydroxylation sites is 1. The van der Waals surface area contributed by atoms with Gasteiger partial charge in [-0.15, -0.1) is 0 Å². The number of amides is 1. The highest BCUT2D eigenvalue weighted by molar-refractivity contribution is 6.09. The van der Waals surface area contributed by atoms with Crippen LogP contribution in [-0.4, -0.2) is 20.6 Å². The highest BCUT2D eigenvalue weighted by Gasteiger charge is 2.22. The minimum atomic E-state index is -0.643. The standard InChI is InChI=1S/C20H21N3O3/c1-2-3-6-12-23-16-10-5-4-9-15(16)18(24)17(20(23)26)19(25)22-14-8-7-11-21-13-14/h4-5,7-11,13,24H,2-3,6,12H2,1H3,(H,22,25). The highest BCUT2D eigenvalue weighted by Crippen LogP contribution is 2.27. The molecule has 0 fully saturated rings. The Morgan fingerprint density at radius 1 is 1.19 bits per heavy atom. The molecule has 1 aromatic carbocycles. The van der Waals surface area contributed by atoms with Crippen LogP contribution in [0, 0.1) is 0 Å². The molecule has 26 heavy (non-hydrogen) atoms. The van der Waals surface area contributed by atoms with E-state index in [0.717, 1.165) is 19.3 Å². The summed E-state index contributed by atoms with van der Waals surface area (Å²) in [7, 11) is 0. The summed E-state index contributed by atoms with van der Waals surface area (Å²) in [6.45, 7) is 2.59. The van der Waals surface area contributed by atoms with Crippen molar-refractivity contribution in [3.05, 3.63) is 64.7 Å². The topological polar surface area (TPSA) is 84.2 Å². The van der Waals surface area contributed by atoms with Crippen molar-refractivity contribution in [2.75, 3.05) is 5.32 Å². The van der Waals surface area contributed by atoms with E-state index in [1.54, 1.807) is 41.1 Å². The first kappa shape index (κ1) is 17.7. The maximum absolute atomic E-state index is 13.0. The Kier molecular flexibility index (Phi) is 5.31. The molecule has 3 rings (SSSR count). The predicted molar refractivity (Wildman–Crippen MR) is 102 cm³/mol. The maximum atomic E-state index is 13.0. The molecular formula is C20H21N3O3. The Hall–Kier alpha value is -3.15. The first-order valence-electron chi connectivity index (χ1n) is 8.69. The van der Waals surface area contributed by atoms with E-state index < -0.39 is 11.5 Å². The molecule has 0 aliphatic rings. The number of pyridine rings is 2. The van der Waals surface area contributed by atoms with Gasteiger partial charge in [-0.25, -0.2) is 0 Å². The third-order valence-corrected chi connectivity index (χ3v) is 4.28. The van der Waals surface area contributed by atoms with Crippen molar-refractivity contribution in [1.82, 2.24) is 9.55 Å². The Morgan fingerprint density at radius 2 is 2.00 bits per heavy atom. The summed E-state index contributed by atoms with van der Waals surface area (Å²) in [5.41, 5.74) is 0.355. The van der Waals surface area contributed by atoms with Gasteiger partial charge in [0.2, 0.25) is 0 Å². The number of hydrogen-bond donors (Lipinski definition) is 2. The number of nitrogens with zero attached hydrogens (tertiary/aromatic N) is 2. The number of aromatic hydroxyl groups is 1. The van der Waals surface area contributed by atoms with Crippen LogP contribution in [0.25, 0.3) is 10.9 Å². The number of carbonyl (C=O) groups is 1. The normalized spacial score (nSPS) is 10.8. The maximum Gasteiger partial charge on any atom is 0.267 e. The van der Waals surface area contributed by atoms with E-state index in [1.165, 1.54) is 6.20 Å². The smallest absolute Gasteiger partial charge is 0.267 e. The third kappa shape index (κ3) is 3.44. The Bertz CT molecular complexity index is 981. The van der Waals surface area contributed by atoms with Gasteiger partial charge in [-0.2, -0.15) is 0 Å². The highest BCUT2D eigenvalue weighted by atomic mass is 16.3. The summed E-state index contributed by atoms with van der Waals surface area (Å²) in [6.07, 6.45) is 5.91. The molecule has 6 nitrogen and oxygen atoms in total. The lowest BCUT2D eigenvalue weighted by Gasteiger charge is -2.15. The van der Waals surface area contributed by atoms with Crippen molar-refractivity contribution >= 4 is 22.5 Å². The first-order valence-corrected chi connectivity index (χ1v) is 8.69. The van der Waals surface area contributed by atoms with E-state index in [1.807, 2.05) is 6.07 Å². The molecule has 0 bridgehead atoms. The molecule has 0 saturated carbocycles. The number of unbranched alkanes of at least 4 members (excludes halogenated alkanes) is 2. The first-order chi connectivity index (χ1) is 12.6. The van der Waals surface area contributed by atoms with E-state index in [-0.39, 0.29) is 11.3 Å². The van der Waals surface area contributed by atoms with Gasteiger partial charge in [-0.1, -0.05) is 31.9 Å². The number of fused-ring (bicyclic) bond motifs is 1. The van der Waals surface area contributed by atoms with Crippen LogP contribution in [0.15, 0.2) is 53.6 Å². The van der Waals surface area contributed by atoms with Crippen molar-refractivity contribution in [2.45, 2.75) is 32.7 Å². The molecule has 6 heteroatoms. The van der Waals surface area contributed by atoms with Gasteiger partial charge in [0.15, 0.2) is 0 Å². The molecule has 0 saturated heterocycles. The summed E-state index contributed by atoms with van der Waals surface area (Å²) in [6, 6.07) is 10.4. The average molecular weight is 351 g/mol. The fourth-order valence-corrected chi connectivity index (χ4v) is 2.97. The van der Waals surface area contributed by atoms with Gasteiger partial charge in [0.05, 0.1) is 17.4 Å². The Morgan fingerprint density at radius 3 is 2.73 bits per heavy atom. The van der Waals surface area contributed by atoms with E-state index in [9.17, 15) is 14.7 Å². The van der Waals surface area contributed by atoms with E-state index in [2.05, 4.69) is 17.2 Å². The summed E-state index contributed by atoms with van der Waals surface area (Å²) in [4.78, 5) is 29.6. The molecule has 2 N–H and O–H groups in total. The van der Waals surface area contributed by atoms with Crippen LogP contribution in [0.3, 0.4) is 0 Å². The third-order valence-electron chi connectivity index (χ3n) is 4.28. The fourth-order valence-electron chi connectivity index (χ4n) is 2.97. The fraction of sp³-hybridized carbons (Fsp3) is 0.250. The molecule has 0 radical (unpaired) electrons. The molecular weight excluding hydrogens is 330 g/mol. The summed E-state index contributed by atoms with van der Waals surface area (Å²) in [5, 5.41) is 13.7. The number of aryl methyl sites for hydroxylation is 1. The number of aromatic nitrogens is 2. The van der Waals surface area contributed by atoms with Crippen molar-refractivity contribution in [3.8, 4) is 5.75 Å². The summed E-state index contributed by atoms with van der Waals surface area (Å²) < 4.78 is 1.57. The minimum Gasteiger partial charge on any atom is -0.506 e. The Balaban J connectivity index is 2.09. The van der Waals surface area contributed by atoms with Crippen LogP contribution >= 0.6 is 0 Å². The van der Waals surface area contributed by atoms with Gasteiger partial charge >= 0.3 is 0 Å². The zero-order valence-electron chi connectivity index (χ0n) is 14.6. The molecule has 0 unspecified atom stereocenters. The van der Waals surface area contributed by atoms with Gasteiger partial charge in [0, 0.05) is 18.1 Å². The van der Waals surface area contributed by atoms with Crippen molar-refractivity contribution in [3.63, 3.8) is 0 Å². The van der Waals surface area contributed by atoms with Crippen LogP contribution in [0.5, 0.6) is 5.75 Å². The molecule has 134 valence electrons. The number of carbonyl (C=O) groups excluding carboxylic acids is 1. The summed E-state index contributed by atoms with van der Waals surface area (Å²) >= 11 is 0. The predicted octanol–water partition coefficient (Wildman–Crippen LogP) is 3.54. The molecule has 3 aromatic rings. The molecule has 1 amide bonds. The van der Waals surface area contributed by atoms with E-state index in [0.29, 0.717) is 23.1 Å². The van der Waals surface area contributed by atoms with Crippen LogP contribution in [0.1, 0.15) is 36.5 Å². The van der Waals surface area contributed by atoms with Gasteiger partial charge in [0.25, 0.3) is 11.5 Å². The minimum absolute atomic E-state index is 0.246. The monoisotopic (exact) mass is 351 g/mol. The average Bonchev–Trinajstić information content (AvgIpc) is 2.65. The van der Waals surface area contributed by atoms with Gasteiger partial charge < -0.3 is 15.0 Å². The van der Waals surface area contributed by atoms with E-state index >= 15 is 0 Å². The largest absolute Gasteiger partial charge is 0.506 e. The molecule has 0 aliphatic heterocycles. The van der Waals surface area contributed by atoms with Crippen LogP contribution in [-0.2, 0) is 6.54 Å². The SMILES string of the molecule is CCCCCn1c(=O)c(C(=O)Nc2cccnc2)c(O)c2ccccc21. The van der Waals surface area contributed by atoms with E-state index in [4.69, 9.17) is 0 Å². The summed E-state index contributed by atoms with van der Waals surface area (Å²) in [5.74, 6) is -0.936. The van der Waals surface area contributed by atoms with Crippen molar-refractivity contribution < 1.29 is 9.90 Å². The van der Waals surface area contributed by atoms with Crippen molar-refractivity contribution in [1.29, 1.82) is 0 Å². The number of nitrogens with one attached hydrogen (secondary N) is 1. The lowest BCUT2D eigenvalue weighted by molar-refractivity contribution is 0.102. The second-order valence-electron chi connectivity index (χ2n) is 6.10. The number of rotatable bonds is 6. The van der Waals surface area contributed by atoms with Crippen LogP contribution in [0.4, 0.5) is 5.69 Å². The molecule has 0 atom stereocenters. The van der Waals surface area contributed by atoms with Crippen molar-refractivity contribution in [2.24, 2.45) is 0 Å². The van der Waals surface area contributed by atoms with Gasteiger partial charge in [0.1, 0.15) is 11.3 Å². The van der Waals surface area contributed by atoms with Crippen LogP contribution in [0.2, 0.25) is 0 Å². The van der Waals surface area contributed by atoms with Gasteiger partial charge in [-0.05, 0) is 30.7 Å². The zero-order chi connectivity index (χ0) is 18.5. The number of benzene rings is 1.